The van der Waals surface area contributed by atoms with E-state index in [1.165, 1.54) is 0 Å². The minimum absolute atomic E-state index is 0.0567. The first-order valence-electron chi connectivity index (χ1n) is 11.8. The molecule has 0 unspecified atom stereocenters. The molecule has 6 nitrogen and oxygen atoms in total. The molecule has 2 aromatic rings. The molecule has 4 rings (SSSR count). The van der Waals surface area contributed by atoms with Crippen LogP contribution in [0.5, 0.6) is 17.2 Å². The van der Waals surface area contributed by atoms with Crippen LogP contribution in [0.25, 0.3) is 0 Å². The lowest BCUT2D eigenvalue weighted by Crippen LogP contribution is -2.38. The van der Waals surface area contributed by atoms with Crippen molar-refractivity contribution in [2.45, 2.75) is 70.8 Å². The zero-order chi connectivity index (χ0) is 25.2. The highest BCUT2D eigenvalue weighted by Gasteiger charge is 2.57. The number of carbonyl (C=O) groups excluding carboxylic acids is 1. The maximum absolute atomic E-state index is 13.7. The van der Waals surface area contributed by atoms with Crippen molar-refractivity contribution in [2.75, 3.05) is 20.8 Å². The third kappa shape index (κ3) is 3.73. The van der Waals surface area contributed by atoms with Crippen LogP contribution in [-0.2, 0) is 16.4 Å². The highest BCUT2D eigenvalue weighted by atomic mass is 16.5. The number of Topliss-reactive ketones (excluding diaryl/α,β-unsaturated/α-hetero) is 1. The monoisotopic (exact) mass is 464 g/mol. The molecule has 1 heterocycles. The lowest BCUT2D eigenvalue weighted by atomic mass is 9.78. The summed E-state index contributed by atoms with van der Waals surface area (Å²) in [6.45, 7) is 12.3. The first-order valence-corrected chi connectivity index (χ1v) is 11.8. The molecular formula is C28H36N2O4. The number of methoxy groups -OCH3 is 2. The van der Waals surface area contributed by atoms with Crippen LogP contribution in [0, 0.1) is 5.41 Å². The van der Waals surface area contributed by atoms with Crippen molar-refractivity contribution in [3.8, 4) is 17.2 Å². The van der Waals surface area contributed by atoms with Gasteiger partial charge in [0.2, 0.25) is 0 Å². The third-order valence-electron chi connectivity index (χ3n) is 7.14. The largest absolute Gasteiger partial charge is 0.507 e. The van der Waals surface area contributed by atoms with Gasteiger partial charge in [-0.05, 0) is 53.5 Å². The maximum atomic E-state index is 13.7. The van der Waals surface area contributed by atoms with Gasteiger partial charge in [0.15, 0.2) is 17.3 Å². The van der Waals surface area contributed by atoms with Crippen molar-refractivity contribution in [2.24, 2.45) is 0 Å². The number of hydrogen-bond acceptors (Lipinski definition) is 5. The van der Waals surface area contributed by atoms with Crippen LogP contribution < -0.4 is 9.47 Å². The molecule has 2 N–H and O–H groups in total. The number of nitrogens with zero attached hydrogens (tertiary/aromatic N) is 1. The zero-order valence-corrected chi connectivity index (χ0v) is 21.5. The fourth-order valence-electron chi connectivity index (χ4n) is 5.03. The van der Waals surface area contributed by atoms with E-state index in [1.54, 1.807) is 14.2 Å². The number of phenolic OH excluding ortho intramolecular Hbond substituents is 1. The number of phenols is 1. The molecule has 1 spiro atoms. The van der Waals surface area contributed by atoms with E-state index in [4.69, 9.17) is 14.9 Å². The summed E-state index contributed by atoms with van der Waals surface area (Å²) in [5.74, 6) is 1.76. The van der Waals surface area contributed by atoms with Crippen molar-refractivity contribution < 1.29 is 19.4 Å². The molecule has 0 bridgehead atoms. The van der Waals surface area contributed by atoms with Crippen LogP contribution >= 0.6 is 0 Å². The Balaban J connectivity index is 1.73. The molecule has 0 aromatic heterocycles. The van der Waals surface area contributed by atoms with Crippen LogP contribution in [0.4, 0.5) is 0 Å². The van der Waals surface area contributed by atoms with Gasteiger partial charge in [0.1, 0.15) is 11.6 Å². The Morgan fingerprint density at radius 3 is 1.91 bits per heavy atom. The molecule has 34 heavy (non-hydrogen) atoms. The van der Waals surface area contributed by atoms with Crippen LogP contribution in [0.2, 0.25) is 0 Å². The lowest BCUT2D eigenvalue weighted by Gasteiger charge is -2.29. The number of ether oxygens (including phenoxy) is 2. The summed E-state index contributed by atoms with van der Waals surface area (Å²) in [5.41, 5.74) is 2.94. The summed E-state index contributed by atoms with van der Waals surface area (Å²) >= 11 is 0. The van der Waals surface area contributed by atoms with Gasteiger partial charge < -0.3 is 19.5 Å². The van der Waals surface area contributed by atoms with Crippen LogP contribution in [0.15, 0.2) is 24.3 Å². The van der Waals surface area contributed by atoms with Gasteiger partial charge in [0.05, 0.1) is 26.3 Å². The van der Waals surface area contributed by atoms with Gasteiger partial charge in [-0.3, -0.25) is 10.2 Å². The SMILES string of the molecule is COc1cc2c(cc1OC)C1(CC1)N(CC(=O)c1cc(C(C)(C)C)c(O)c(C(C)(C)C)c1)C2=N. The Kier molecular flexibility index (Phi) is 5.50. The first kappa shape index (κ1) is 24.1. The van der Waals surface area contributed by atoms with Crippen molar-refractivity contribution in [1.29, 1.82) is 5.41 Å². The Morgan fingerprint density at radius 2 is 1.47 bits per heavy atom. The first-order chi connectivity index (χ1) is 15.7. The predicted octanol–water partition coefficient (Wildman–Crippen LogP) is 5.52. The molecule has 0 saturated heterocycles. The molecule has 0 atom stereocenters. The molecule has 6 heteroatoms. The third-order valence-corrected chi connectivity index (χ3v) is 7.14. The van der Waals surface area contributed by atoms with Crippen molar-refractivity contribution in [3.05, 3.63) is 52.1 Å². The number of nitrogens with one attached hydrogen (secondary N) is 1. The summed E-state index contributed by atoms with van der Waals surface area (Å²) in [6.07, 6.45) is 1.78. The van der Waals surface area contributed by atoms with Crippen molar-refractivity contribution >= 4 is 11.6 Å². The molecule has 2 aliphatic rings. The Labute approximate surface area is 202 Å². The number of rotatable bonds is 5. The zero-order valence-electron chi connectivity index (χ0n) is 21.5. The molecule has 2 aromatic carbocycles. The summed E-state index contributed by atoms with van der Waals surface area (Å²) in [4.78, 5) is 15.6. The standard InChI is InChI=1S/C28H36N2O4/c1-26(2,3)19-11-16(12-20(24(19)32)27(4,5)6)21(31)15-30-25(29)17-13-22(33-7)23(34-8)14-18(17)28(30)9-10-28/h11-14,29,32H,9-10,15H2,1-8H3. The summed E-state index contributed by atoms with van der Waals surface area (Å²) in [6, 6.07) is 7.45. The molecule has 1 saturated carbocycles. The minimum Gasteiger partial charge on any atom is -0.507 e. The van der Waals surface area contributed by atoms with Gasteiger partial charge in [-0.2, -0.15) is 0 Å². The number of fused-ring (bicyclic) bond motifs is 2. The quantitative estimate of drug-likeness (QED) is 0.570. The van der Waals surface area contributed by atoms with Crippen LogP contribution in [-0.4, -0.2) is 42.4 Å². The van der Waals surface area contributed by atoms with Crippen molar-refractivity contribution in [3.63, 3.8) is 0 Å². The van der Waals surface area contributed by atoms with Gasteiger partial charge in [0.25, 0.3) is 0 Å². The topological polar surface area (TPSA) is 82.8 Å². The lowest BCUT2D eigenvalue weighted by molar-refractivity contribution is 0.0943. The van der Waals surface area contributed by atoms with E-state index in [0.717, 1.165) is 35.1 Å². The number of aromatic hydroxyl groups is 1. The summed E-state index contributed by atoms with van der Waals surface area (Å²) < 4.78 is 11.0. The number of benzene rings is 2. The maximum Gasteiger partial charge on any atom is 0.182 e. The molecule has 0 radical (unpaired) electrons. The highest BCUT2D eigenvalue weighted by molar-refractivity contribution is 6.07. The molecule has 1 fully saturated rings. The Morgan fingerprint density at radius 1 is 0.971 bits per heavy atom. The molecular weight excluding hydrogens is 428 g/mol. The number of hydrogen-bond donors (Lipinski definition) is 2. The summed E-state index contributed by atoms with van der Waals surface area (Å²) in [5, 5.41) is 19.9. The van der Waals surface area contributed by atoms with Crippen LogP contribution in [0.3, 0.4) is 0 Å². The number of carbonyl (C=O) groups is 1. The van der Waals surface area contributed by atoms with Gasteiger partial charge in [-0.1, -0.05) is 41.5 Å². The minimum atomic E-state index is -0.335. The Bertz CT molecular complexity index is 1150. The number of amidine groups is 1. The fraction of sp³-hybridized carbons (Fsp3) is 0.500. The van der Waals surface area contributed by atoms with Crippen LogP contribution in [0.1, 0.15) is 87.0 Å². The second-order valence-corrected chi connectivity index (χ2v) is 11.6. The predicted molar refractivity (Wildman–Crippen MR) is 134 cm³/mol. The molecule has 0 amide bonds. The van der Waals surface area contributed by atoms with Gasteiger partial charge >= 0.3 is 0 Å². The van der Waals surface area contributed by atoms with E-state index in [0.29, 0.717) is 22.9 Å². The average molecular weight is 465 g/mol. The van der Waals surface area contributed by atoms with E-state index in [1.807, 2.05) is 70.7 Å². The highest BCUT2D eigenvalue weighted by Crippen LogP contribution is 2.58. The van der Waals surface area contributed by atoms with E-state index < -0.39 is 0 Å². The summed E-state index contributed by atoms with van der Waals surface area (Å²) in [7, 11) is 3.19. The van der Waals surface area contributed by atoms with Crippen molar-refractivity contribution in [1.82, 2.24) is 4.90 Å². The van der Waals surface area contributed by atoms with E-state index in [-0.39, 0.29) is 34.4 Å². The van der Waals surface area contributed by atoms with E-state index in [2.05, 4.69) is 0 Å². The van der Waals surface area contributed by atoms with E-state index >= 15 is 0 Å². The van der Waals surface area contributed by atoms with E-state index in [9.17, 15) is 9.90 Å². The fourth-order valence-corrected chi connectivity index (χ4v) is 5.03. The second-order valence-electron chi connectivity index (χ2n) is 11.6. The van der Waals surface area contributed by atoms with Gasteiger partial charge in [-0.25, -0.2) is 0 Å². The van der Waals surface area contributed by atoms with Gasteiger partial charge in [-0.15, -0.1) is 0 Å². The molecule has 182 valence electrons. The average Bonchev–Trinajstić information content (AvgIpc) is 3.52. The normalized spacial score (nSPS) is 16.6. The smallest absolute Gasteiger partial charge is 0.182 e. The van der Waals surface area contributed by atoms with Gasteiger partial charge in [0, 0.05) is 22.3 Å². The Hall–Kier alpha value is -3.02. The molecule has 1 aliphatic heterocycles. The number of ketones is 1. The second kappa shape index (κ2) is 7.76. The molecule has 1 aliphatic carbocycles.